The third-order valence-electron chi connectivity index (χ3n) is 3.44. The Morgan fingerprint density at radius 1 is 1.17 bits per heavy atom. The number of thioether (sulfide) groups is 1. The Bertz CT molecular complexity index is 732. The molecule has 0 spiro atoms. The van der Waals surface area contributed by atoms with Crippen LogP contribution in [0.25, 0.3) is 0 Å². The van der Waals surface area contributed by atoms with Gasteiger partial charge in [0.15, 0.2) is 0 Å². The maximum absolute atomic E-state index is 12.3. The van der Waals surface area contributed by atoms with Crippen LogP contribution in [0.4, 0.5) is 0 Å². The van der Waals surface area contributed by atoms with Crippen LogP contribution in [0.1, 0.15) is 22.8 Å². The maximum atomic E-state index is 12.3. The Morgan fingerprint density at radius 3 is 2.54 bits per heavy atom. The lowest BCUT2D eigenvalue weighted by molar-refractivity contribution is -0.120. The molecule has 2 N–H and O–H groups in total. The zero-order valence-corrected chi connectivity index (χ0v) is 14.3. The standard InChI is InChI=1S/C18H19NO4S/c1-12(24-16-10-6-4-8-14(16)18(21)22)17(20)19-11-13-7-3-5-9-15(13)23-2/h3-10,12H,11H2,1-2H3,(H,19,20)(H,21,22). The minimum atomic E-state index is -1.00. The van der Waals surface area contributed by atoms with Gasteiger partial charge in [0.05, 0.1) is 17.9 Å². The quantitative estimate of drug-likeness (QED) is 0.754. The molecule has 2 aromatic carbocycles. The third-order valence-corrected chi connectivity index (χ3v) is 4.61. The third kappa shape index (κ3) is 4.52. The van der Waals surface area contributed by atoms with Crippen LogP contribution in [0.5, 0.6) is 5.75 Å². The first kappa shape index (κ1) is 17.9. The summed E-state index contributed by atoms with van der Waals surface area (Å²) in [7, 11) is 1.59. The van der Waals surface area contributed by atoms with Gasteiger partial charge in [-0.15, -0.1) is 11.8 Å². The number of nitrogens with one attached hydrogen (secondary N) is 1. The van der Waals surface area contributed by atoms with E-state index in [0.717, 1.165) is 5.56 Å². The van der Waals surface area contributed by atoms with Gasteiger partial charge in [-0.3, -0.25) is 4.79 Å². The number of methoxy groups -OCH3 is 1. The van der Waals surface area contributed by atoms with Crippen LogP contribution in [0, 0.1) is 0 Å². The van der Waals surface area contributed by atoms with Crippen LogP contribution in [0.3, 0.4) is 0 Å². The lowest BCUT2D eigenvalue weighted by Crippen LogP contribution is -2.30. The van der Waals surface area contributed by atoms with Crippen molar-refractivity contribution in [2.24, 2.45) is 0 Å². The van der Waals surface area contributed by atoms with Gasteiger partial charge >= 0.3 is 5.97 Å². The molecule has 0 bridgehead atoms. The van der Waals surface area contributed by atoms with Crippen LogP contribution < -0.4 is 10.1 Å². The van der Waals surface area contributed by atoms with Crippen molar-refractivity contribution >= 4 is 23.6 Å². The Hall–Kier alpha value is -2.47. The van der Waals surface area contributed by atoms with Gasteiger partial charge in [0.2, 0.25) is 5.91 Å². The smallest absolute Gasteiger partial charge is 0.336 e. The number of carbonyl (C=O) groups excluding carboxylic acids is 1. The van der Waals surface area contributed by atoms with E-state index < -0.39 is 11.2 Å². The highest BCUT2D eigenvalue weighted by Crippen LogP contribution is 2.27. The molecule has 0 radical (unpaired) electrons. The highest BCUT2D eigenvalue weighted by atomic mass is 32.2. The summed E-state index contributed by atoms with van der Waals surface area (Å²) in [6, 6.07) is 14.1. The molecule has 0 saturated carbocycles. The summed E-state index contributed by atoms with van der Waals surface area (Å²) in [6.45, 7) is 2.11. The van der Waals surface area contributed by atoms with E-state index in [1.165, 1.54) is 17.8 Å². The average Bonchev–Trinajstić information content (AvgIpc) is 2.60. The van der Waals surface area contributed by atoms with E-state index in [1.54, 1.807) is 32.2 Å². The van der Waals surface area contributed by atoms with E-state index in [0.29, 0.717) is 17.2 Å². The van der Waals surface area contributed by atoms with E-state index in [9.17, 15) is 14.7 Å². The number of amides is 1. The summed E-state index contributed by atoms with van der Waals surface area (Å²) in [4.78, 5) is 24.1. The molecule has 0 saturated heterocycles. The maximum Gasteiger partial charge on any atom is 0.336 e. The number of hydrogen-bond donors (Lipinski definition) is 2. The first-order valence-corrected chi connectivity index (χ1v) is 8.29. The van der Waals surface area contributed by atoms with Gasteiger partial charge in [-0.1, -0.05) is 30.3 Å². The molecule has 0 aliphatic rings. The van der Waals surface area contributed by atoms with Crippen molar-refractivity contribution in [1.82, 2.24) is 5.32 Å². The molecule has 126 valence electrons. The van der Waals surface area contributed by atoms with Gasteiger partial charge in [0.1, 0.15) is 5.75 Å². The highest BCUT2D eigenvalue weighted by Gasteiger charge is 2.18. The van der Waals surface area contributed by atoms with Crippen molar-refractivity contribution in [2.45, 2.75) is 23.6 Å². The largest absolute Gasteiger partial charge is 0.496 e. The summed E-state index contributed by atoms with van der Waals surface area (Å²) in [5.41, 5.74) is 1.09. The molecule has 6 heteroatoms. The molecular formula is C18H19NO4S. The van der Waals surface area contributed by atoms with E-state index in [1.807, 2.05) is 24.3 Å². The normalized spacial score (nSPS) is 11.6. The Kier molecular flexibility index (Phi) is 6.26. The van der Waals surface area contributed by atoms with Crippen molar-refractivity contribution in [3.8, 4) is 5.75 Å². The molecule has 1 unspecified atom stereocenters. The fraction of sp³-hybridized carbons (Fsp3) is 0.222. The van der Waals surface area contributed by atoms with Gasteiger partial charge < -0.3 is 15.2 Å². The van der Waals surface area contributed by atoms with Gasteiger partial charge in [-0.25, -0.2) is 4.79 Å². The number of para-hydroxylation sites is 1. The number of benzene rings is 2. The van der Waals surface area contributed by atoms with Crippen LogP contribution in [0.2, 0.25) is 0 Å². The van der Waals surface area contributed by atoms with Gasteiger partial charge in [-0.05, 0) is 25.1 Å². The van der Waals surface area contributed by atoms with Crippen LogP contribution in [-0.2, 0) is 11.3 Å². The monoisotopic (exact) mass is 345 g/mol. The molecule has 5 nitrogen and oxygen atoms in total. The Balaban J connectivity index is 1.99. The first-order valence-electron chi connectivity index (χ1n) is 7.41. The summed E-state index contributed by atoms with van der Waals surface area (Å²) in [5.74, 6) is -0.444. The van der Waals surface area contributed by atoms with E-state index in [2.05, 4.69) is 5.32 Å². The van der Waals surface area contributed by atoms with Gasteiger partial charge in [0, 0.05) is 17.0 Å². The topological polar surface area (TPSA) is 75.6 Å². The fourth-order valence-electron chi connectivity index (χ4n) is 2.17. The van der Waals surface area contributed by atoms with Crippen LogP contribution in [0.15, 0.2) is 53.4 Å². The van der Waals surface area contributed by atoms with Crippen molar-refractivity contribution in [1.29, 1.82) is 0 Å². The van der Waals surface area contributed by atoms with Gasteiger partial charge in [-0.2, -0.15) is 0 Å². The van der Waals surface area contributed by atoms with Crippen LogP contribution in [-0.4, -0.2) is 29.3 Å². The molecular weight excluding hydrogens is 326 g/mol. The molecule has 0 aromatic heterocycles. The highest BCUT2D eigenvalue weighted by molar-refractivity contribution is 8.00. The summed E-state index contributed by atoms with van der Waals surface area (Å²) in [5, 5.41) is 11.6. The van der Waals surface area contributed by atoms with E-state index >= 15 is 0 Å². The summed E-state index contributed by atoms with van der Waals surface area (Å²) < 4.78 is 5.25. The van der Waals surface area contributed by atoms with Crippen molar-refractivity contribution in [3.63, 3.8) is 0 Å². The molecule has 0 aliphatic carbocycles. The predicted molar refractivity (Wildman–Crippen MR) is 93.6 cm³/mol. The number of carbonyl (C=O) groups is 2. The average molecular weight is 345 g/mol. The minimum absolute atomic E-state index is 0.161. The van der Waals surface area contributed by atoms with Crippen molar-refractivity contribution in [2.75, 3.05) is 7.11 Å². The summed E-state index contributed by atoms with van der Waals surface area (Å²) >= 11 is 1.23. The molecule has 0 aliphatic heterocycles. The second-order valence-corrected chi connectivity index (χ2v) is 6.47. The molecule has 0 heterocycles. The lowest BCUT2D eigenvalue weighted by atomic mass is 10.2. The van der Waals surface area contributed by atoms with E-state index in [-0.39, 0.29) is 11.5 Å². The number of rotatable bonds is 7. The zero-order chi connectivity index (χ0) is 17.5. The number of carboxylic acids is 1. The van der Waals surface area contributed by atoms with E-state index in [4.69, 9.17) is 4.74 Å². The second kappa shape index (κ2) is 8.40. The predicted octanol–water partition coefficient (Wildman–Crippen LogP) is 3.19. The first-order chi connectivity index (χ1) is 11.5. The molecule has 24 heavy (non-hydrogen) atoms. The van der Waals surface area contributed by atoms with Crippen molar-refractivity contribution in [3.05, 3.63) is 59.7 Å². The summed E-state index contributed by atoms with van der Waals surface area (Å²) in [6.07, 6.45) is 0. The zero-order valence-electron chi connectivity index (χ0n) is 13.5. The molecule has 2 aromatic rings. The molecule has 1 amide bonds. The molecule has 2 rings (SSSR count). The number of aromatic carboxylic acids is 1. The lowest BCUT2D eigenvalue weighted by Gasteiger charge is -2.14. The van der Waals surface area contributed by atoms with Crippen molar-refractivity contribution < 1.29 is 19.4 Å². The Labute approximate surface area is 145 Å². The Morgan fingerprint density at radius 2 is 1.83 bits per heavy atom. The SMILES string of the molecule is COc1ccccc1CNC(=O)C(C)Sc1ccccc1C(=O)O. The van der Waals surface area contributed by atoms with Gasteiger partial charge in [0.25, 0.3) is 0 Å². The molecule has 1 atom stereocenters. The number of carboxylic acid groups (broad SMARTS) is 1. The number of ether oxygens (including phenoxy) is 1. The fourth-order valence-corrected chi connectivity index (χ4v) is 3.18. The minimum Gasteiger partial charge on any atom is -0.496 e. The van der Waals surface area contributed by atoms with Crippen LogP contribution >= 0.6 is 11.8 Å². The second-order valence-electron chi connectivity index (χ2n) is 5.09. The molecule has 0 fully saturated rings. The number of hydrogen-bond acceptors (Lipinski definition) is 4.